The van der Waals surface area contributed by atoms with Crippen LogP contribution in [0.25, 0.3) is 0 Å². The third-order valence-electron chi connectivity index (χ3n) is 1.53. The van der Waals surface area contributed by atoms with Crippen LogP contribution in [-0.2, 0) is 0 Å². The van der Waals surface area contributed by atoms with Crippen LogP contribution in [0, 0.1) is 0 Å². The van der Waals surface area contributed by atoms with Gasteiger partial charge in [-0.1, -0.05) is 23.2 Å². The Hall–Kier alpha value is 0.710. The molecule has 0 unspecified atom stereocenters. The van der Waals surface area contributed by atoms with E-state index in [9.17, 15) is 0 Å². The Balaban J connectivity index is 2.57. The molecule has 70 valence electrons. The van der Waals surface area contributed by atoms with Crippen molar-refractivity contribution in [3.05, 3.63) is 31.1 Å². The summed E-state index contributed by atoms with van der Waals surface area (Å²) in [6.45, 7) is 0. The molecule has 0 aromatic rings. The molecule has 0 fully saturated rings. The molecular weight excluding hydrogens is 363 g/mol. The zero-order valence-electron chi connectivity index (χ0n) is 5.94. The third-order valence-corrected chi connectivity index (χ3v) is 5.40. The largest absolute Gasteiger partial charge is 0.316 e. The summed E-state index contributed by atoms with van der Waals surface area (Å²) in [4.78, 5) is 0. The van der Waals surface area contributed by atoms with E-state index >= 15 is 0 Å². The highest BCUT2D eigenvalue weighted by molar-refractivity contribution is 9.12. The van der Waals surface area contributed by atoms with Crippen molar-refractivity contribution in [2.45, 2.75) is 0 Å². The molecule has 0 saturated heterocycles. The molecule has 2 heterocycles. The first-order chi connectivity index (χ1) is 6.13. The van der Waals surface area contributed by atoms with Crippen molar-refractivity contribution in [2.24, 2.45) is 0 Å². The SMILES string of the molecule is ClC1=C(Br)C2=CNSN2C(Br)=C1Cl. The van der Waals surface area contributed by atoms with Crippen LogP contribution in [0.2, 0.25) is 0 Å². The number of fused-ring (bicyclic) bond motifs is 1. The van der Waals surface area contributed by atoms with E-state index in [2.05, 4.69) is 36.6 Å². The maximum atomic E-state index is 5.99. The Labute approximate surface area is 107 Å². The molecule has 7 heteroatoms. The molecule has 2 aliphatic heterocycles. The van der Waals surface area contributed by atoms with Gasteiger partial charge in [0.15, 0.2) is 0 Å². The van der Waals surface area contributed by atoms with Crippen LogP contribution in [0.4, 0.5) is 0 Å². The number of hydrogen-bond acceptors (Lipinski definition) is 3. The quantitative estimate of drug-likeness (QED) is 0.517. The molecule has 0 saturated carbocycles. The van der Waals surface area contributed by atoms with Crippen LogP contribution < -0.4 is 4.72 Å². The average Bonchev–Trinajstić information content (AvgIpc) is 2.59. The van der Waals surface area contributed by atoms with Crippen molar-refractivity contribution in [1.82, 2.24) is 9.03 Å². The number of nitrogens with zero attached hydrogens (tertiary/aromatic N) is 1. The van der Waals surface area contributed by atoms with Gasteiger partial charge in [0.1, 0.15) is 4.61 Å². The van der Waals surface area contributed by atoms with Gasteiger partial charge >= 0.3 is 0 Å². The fraction of sp³-hybridized carbons (Fsp3) is 0. The highest BCUT2D eigenvalue weighted by atomic mass is 79.9. The van der Waals surface area contributed by atoms with Crippen LogP contribution >= 0.6 is 67.2 Å². The fourth-order valence-corrected chi connectivity index (χ4v) is 3.47. The predicted octanol–water partition coefficient (Wildman–Crippen LogP) is 3.96. The summed E-state index contributed by atoms with van der Waals surface area (Å²) in [6.07, 6.45) is 1.85. The van der Waals surface area contributed by atoms with Crippen molar-refractivity contribution in [2.75, 3.05) is 0 Å². The number of hydrogen-bond donors (Lipinski definition) is 1. The van der Waals surface area contributed by atoms with Crippen LogP contribution in [-0.4, -0.2) is 4.31 Å². The van der Waals surface area contributed by atoms with E-state index in [0.29, 0.717) is 10.1 Å². The second-order valence-electron chi connectivity index (χ2n) is 2.27. The minimum Gasteiger partial charge on any atom is -0.316 e. The van der Waals surface area contributed by atoms with Gasteiger partial charge in [-0.15, -0.1) is 0 Å². The highest BCUT2D eigenvalue weighted by Crippen LogP contribution is 2.47. The maximum Gasteiger partial charge on any atom is 0.117 e. The average molecular weight is 365 g/mol. The topological polar surface area (TPSA) is 15.3 Å². The molecule has 2 nitrogen and oxygen atoms in total. The van der Waals surface area contributed by atoms with E-state index in [4.69, 9.17) is 23.2 Å². The number of nitrogens with one attached hydrogen (secondary N) is 1. The number of halogens is 4. The van der Waals surface area contributed by atoms with E-state index in [1.54, 1.807) is 0 Å². The summed E-state index contributed by atoms with van der Waals surface area (Å²) in [5.74, 6) is 0. The lowest BCUT2D eigenvalue weighted by atomic mass is 10.3. The number of rotatable bonds is 0. The Kier molecular flexibility index (Phi) is 2.91. The standard InChI is InChI=1S/C6H2Br2Cl2N2S/c7-3-2-1-11-13-12(2)6(8)5(10)4(3)9/h1,11H. The van der Waals surface area contributed by atoms with Crippen LogP contribution in [0.1, 0.15) is 0 Å². The zero-order valence-corrected chi connectivity index (χ0v) is 11.4. The van der Waals surface area contributed by atoms with Gasteiger partial charge in [-0.2, -0.15) is 0 Å². The van der Waals surface area contributed by atoms with Gasteiger partial charge in [0.2, 0.25) is 0 Å². The van der Waals surface area contributed by atoms with E-state index in [1.807, 2.05) is 10.5 Å². The zero-order chi connectivity index (χ0) is 9.59. The molecule has 0 spiro atoms. The first-order valence-corrected chi connectivity index (χ1v) is 6.28. The molecular formula is C6H2Br2Cl2N2S. The van der Waals surface area contributed by atoms with Crippen molar-refractivity contribution in [3.8, 4) is 0 Å². The van der Waals surface area contributed by atoms with Crippen molar-refractivity contribution in [1.29, 1.82) is 0 Å². The maximum absolute atomic E-state index is 5.99. The lowest BCUT2D eigenvalue weighted by molar-refractivity contribution is 0.784. The highest BCUT2D eigenvalue weighted by Gasteiger charge is 2.30. The smallest absolute Gasteiger partial charge is 0.117 e. The summed E-state index contributed by atoms with van der Waals surface area (Å²) in [7, 11) is 0. The third kappa shape index (κ3) is 1.55. The molecule has 0 aromatic carbocycles. The minimum atomic E-state index is 0.502. The molecule has 0 atom stereocenters. The second-order valence-corrected chi connectivity index (χ2v) is 5.35. The summed E-state index contributed by atoms with van der Waals surface area (Å²) < 4.78 is 6.45. The summed E-state index contributed by atoms with van der Waals surface area (Å²) in [5, 5.41) is 1.02. The van der Waals surface area contributed by atoms with Crippen molar-refractivity contribution in [3.63, 3.8) is 0 Å². The van der Waals surface area contributed by atoms with E-state index in [-0.39, 0.29) is 0 Å². The van der Waals surface area contributed by atoms with Crippen molar-refractivity contribution < 1.29 is 0 Å². The van der Waals surface area contributed by atoms with Crippen LogP contribution in [0.3, 0.4) is 0 Å². The minimum absolute atomic E-state index is 0.502. The van der Waals surface area contributed by atoms with Gasteiger partial charge in [-0.25, -0.2) is 0 Å². The molecule has 2 aliphatic rings. The Morgan fingerprint density at radius 1 is 1.31 bits per heavy atom. The van der Waals surface area contributed by atoms with E-state index in [1.165, 1.54) is 12.1 Å². The van der Waals surface area contributed by atoms with Crippen LogP contribution in [0.15, 0.2) is 31.1 Å². The Morgan fingerprint density at radius 3 is 2.69 bits per heavy atom. The Bertz CT molecular complexity index is 364. The second kappa shape index (κ2) is 3.70. The molecule has 0 aromatic heterocycles. The van der Waals surface area contributed by atoms with Crippen LogP contribution in [0.5, 0.6) is 0 Å². The molecule has 13 heavy (non-hydrogen) atoms. The molecule has 0 aliphatic carbocycles. The monoisotopic (exact) mass is 362 g/mol. The van der Waals surface area contributed by atoms with Gasteiger partial charge in [-0.3, -0.25) is 4.31 Å². The van der Waals surface area contributed by atoms with Crippen molar-refractivity contribution >= 4 is 67.2 Å². The van der Waals surface area contributed by atoms with Gasteiger partial charge in [0.05, 0.1) is 32.4 Å². The molecule has 1 N–H and O–H groups in total. The van der Waals surface area contributed by atoms with E-state index < -0.39 is 0 Å². The predicted molar refractivity (Wildman–Crippen MR) is 64.3 cm³/mol. The van der Waals surface area contributed by atoms with E-state index in [0.717, 1.165) is 14.8 Å². The number of allylic oxidation sites excluding steroid dienone is 3. The first kappa shape index (κ1) is 10.2. The molecule has 0 radical (unpaired) electrons. The molecule has 2 rings (SSSR count). The summed E-state index contributed by atoms with van der Waals surface area (Å²) in [6, 6.07) is 0. The molecule has 0 bridgehead atoms. The van der Waals surface area contributed by atoms with Gasteiger partial charge in [-0.05, 0) is 31.9 Å². The first-order valence-electron chi connectivity index (χ1n) is 3.17. The lowest BCUT2D eigenvalue weighted by Gasteiger charge is -2.24. The summed E-state index contributed by atoms with van der Waals surface area (Å²) in [5.41, 5.74) is 0.950. The lowest BCUT2D eigenvalue weighted by Crippen LogP contribution is -2.13. The van der Waals surface area contributed by atoms with Gasteiger partial charge in [0, 0.05) is 6.20 Å². The normalized spacial score (nSPS) is 21.8. The Morgan fingerprint density at radius 2 is 2.00 bits per heavy atom. The summed E-state index contributed by atoms with van der Waals surface area (Å²) >= 11 is 20.1. The van der Waals surface area contributed by atoms with Gasteiger partial charge < -0.3 is 4.72 Å². The van der Waals surface area contributed by atoms with Gasteiger partial charge in [0.25, 0.3) is 0 Å². The molecule has 0 amide bonds. The fourth-order valence-electron chi connectivity index (χ4n) is 0.930.